The van der Waals surface area contributed by atoms with E-state index in [0.717, 1.165) is 6.42 Å². The summed E-state index contributed by atoms with van der Waals surface area (Å²) in [5.74, 6) is 0.701. The number of likely N-dealkylation sites (N-methyl/N-ethyl adjacent to an activating group) is 1. The second-order valence-corrected chi connectivity index (χ2v) is 3.51. The number of amides is 1. The number of hydrogen-bond donors (Lipinski definition) is 2. The molecule has 0 fully saturated rings. The summed E-state index contributed by atoms with van der Waals surface area (Å²) in [7, 11) is 0. The first-order valence-electron chi connectivity index (χ1n) is 5.11. The summed E-state index contributed by atoms with van der Waals surface area (Å²) in [6.45, 7) is 9.53. The van der Waals surface area contributed by atoms with Gasteiger partial charge in [0.05, 0.1) is 6.54 Å². The molecule has 0 aliphatic carbocycles. The first-order chi connectivity index (χ1) is 6.11. The fourth-order valence-electron chi connectivity index (χ4n) is 1.07. The summed E-state index contributed by atoms with van der Waals surface area (Å²) in [6, 6.07) is 0.410. The summed E-state index contributed by atoms with van der Waals surface area (Å²) in [6.07, 6.45) is 1.14. The number of carbonyl (C=O) groups excluding carboxylic acids is 1. The van der Waals surface area contributed by atoms with Crippen LogP contribution in [0.15, 0.2) is 0 Å². The first kappa shape index (κ1) is 12.4. The van der Waals surface area contributed by atoms with Crippen LogP contribution in [0.4, 0.5) is 0 Å². The summed E-state index contributed by atoms with van der Waals surface area (Å²) >= 11 is 0. The molecule has 3 nitrogen and oxygen atoms in total. The average molecular weight is 186 g/mol. The largest absolute Gasteiger partial charge is 0.355 e. The van der Waals surface area contributed by atoms with Gasteiger partial charge in [0.15, 0.2) is 0 Å². The Morgan fingerprint density at radius 3 is 2.38 bits per heavy atom. The van der Waals surface area contributed by atoms with Gasteiger partial charge >= 0.3 is 0 Å². The Bertz CT molecular complexity index is 148. The summed E-state index contributed by atoms with van der Waals surface area (Å²) in [5.41, 5.74) is 0. The van der Waals surface area contributed by atoms with Crippen LogP contribution in [0, 0.1) is 5.92 Å². The highest BCUT2D eigenvalue weighted by Gasteiger charge is 2.10. The molecule has 0 aromatic rings. The van der Waals surface area contributed by atoms with Gasteiger partial charge in [-0.3, -0.25) is 4.79 Å². The van der Waals surface area contributed by atoms with Crippen molar-refractivity contribution < 1.29 is 4.79 Å². The zero-order valence-electron chi connectivity index (χ0n) is 9.18. The molecule has 0 radical (unpaired) electrons. The molecule has 2 unspecified atom stereocenters. The van der Waals surface area contributed by atoms with Gasteiger partial charge in [-0.15, -0.1) is 0 Å². The minimum Gasteiger partial charge on any atom is -0.355 e. The molecule has 0 aromatic carbocycles. The molecule has 1 amide bonds. The predicted molar refractivity (Wildman–Crippen MR) is 55.6 cm³/mol. The van der Waals surface area contributed by atoms with E-state index in [1.54, 1.807) is 0 Å². The summed E-state index contributed by atoms with van der Waals surface area (Å²) in [4.78, 5) is 11.1. The molecule has 0 aliphatic rings. The van der Waals surface area contributed by atoms with Crippen molar-refractivity contribution in [2.75, 3.05) is 13.1 Å². The van der Waals surface area contributed by atoms with Crippen LogP contribution in [-0.4, -0.2) is 25.0 Å². The average Bonchev–Trinajstić information content (AvgIpc) is 2.13. The maximum absolute atomic E-state index is 11.1. The number of carbonyl (C=O) groups is 1. The smallest absolute Gasteiger partial charge is 0.233 e. The SMILES string of the molecule is CCNC(=O)CNC(C)C(C)CC. The van der Waals surface area contributed by atoms with Crippen LogP contribution in [0.5, 0.6) is 0 Å². The molecule has 2 N–H and O–H groups in total. The van der Waals surface area contributed by atoms with E-state index >= 15 is 0 Å². The van der Waals surface area contributed by atoms with Crippen LogP contribution in [-0.2, 0) is 4.79 Å². The van der Waals surface area contributed by atoms with Crippen LogP contribution < -0.4 is 10.6 Å². The van der Waals surface area contributed by atoms with Crippen LogP contribution >= 0.6 is 0 Å². The van der Waals surface area contributed by atoms with E-state index in [9.17, 15) is 4.79 Å². The van der Waals surface area contributed by atoms with Gasteiger partial charge in [0, 0.05) is 12.6 Å². The molecule has 0 aliphatic heterocycles. The molecule has 0 spiro atoms. The van der Waals surface area contributed by atoms with Crippen LogP contribution in [0.2, 0.25) is 0 Å². The summed E-state index contributed by atoms with van der Waals surface area (Å²) in [5, 5.41) is 5.96. The van der Waals surface area contributed by atoms with Gasteiger partial charge in [-0.2, -0.15) is 0 Å². The predicted octanol–water partition coefficient (Wildman–Crippen LogP) is 1.15. The molecular weight excluding hydrogens is 164 g/mol. The van der Waals surface area contributed by atoms with Crippen LogP contribution in [0.25, 0.3) is 0 Å². The molecule has 0 bridgehead atoms. The van der Waals surface area contributed by atoms with E-state index in [1.807, 2.05) is 6.92 Å². The normalized spacial score (nSPS) is 15.1. The Labute approximate surface area is 81.3 Å². The minimum atomic E-state index is 0.0812. The second-order valence-electron chi connectivity index (χ2n) is 3.51. The van der Waals surface area contributed by atoms with E-state index in [2.05, 4.69) is 31.4 Å². The van der Waals surface area contributed by atoms with Gasteiger partial charge in [-0.25, -0.2) is 0 Å². The van der Waals surface area contributed by atoms with Crippen LogP contribution in [0.3, 0.4) is 0 Å². The van der Waals surface area contributed by atoms with Gasteiger partial charge in [-0.1, -0.05) is 20.3 Å². The monoisotopic (exact) mass is 186 g/mol. The quantitative estimate of drug-likeness (QED) is 0.653. The van der Waals surface area contributed by atoms with E-state index in [1.165, 1.54) is 0 Å². The van der Waals surface area contributed by atoms with E-state index < -0.39 is 0 Å². The Balaban J connectivity index is 3.57. The third-order valence-corrected chi connectivity index (χ3v) is 2.46. The van der Waals surface area contributed by atoms with E-state index in [0.29, 0.717) is 25.0 Å². The van der Waals surface area contributed by atoms with Crippen molar-refractivity contribution in [3.63, 3.8) is 0 Å². The highest BCUT2D eigenvalue weighted by atomic mass is 16.1. The van der Waals surface area contributed by atoms with Crippen LogP contribution in [0.1, 0.15) is 34.1 Å². The Kier molecular flexibility index (Phi) is 6.59. The Morgan fingerprint density at radius 2 is 1.92 bits per heavy atom. The lowest BCUT2D eigenvalue weighted by molar-refractivity contribution is -0.120. The third kappa shape index (κ3) is 5.64. The zero-order valence-corrected chi connectivity index (χ0v) is 9.18. The lowest BCUT2D eigenvalue weighted by Gasteiger charge is -2.19. The van der Waals surface area contributed by atoms with Crippen molar-refractivity contribution >= 4 is 5.91 Å². The van der Waals surface area contributed by atoms with E-state index in [-0.39, 0.29) is 5.91 Å². The molecule has 2 atom stereocenters. The van der Waals surface area contributed by atoms with Gasteiger partial charge in [-0.05, 0) is 19.8 Å². The standard InChI is InChI=1S/C10H22N2O/c1-5-8(3)9(4)12-7-10(13)11-6-2/h8-9,12H,5-7H2,1-4H3,(H,11,13). The highest BCUT2D eigenvalue weighted by Crippen LogP contribution is 2.05. The topological polar surface area (TPSA) is 41.1 Å². The van der Waals surface area contributed by atoms with Crippen molar-refractivity contribution in [1.29, 1.82) is 0 Å². The minimum absolute atomic E-state index is 0.0812. The highest BCUT2D eigenvalue weighted by molar-refractivity contribution is 5.77. The molecule has 0 aromatic heterocycles. The molecule has 3 heteroatoms. The van der Waals surface area contributed by atoms with Crippen molar-refractivity contribution in [1.82, 2.24) is 10.6 Å². The molecule has 0 heterocycles. The fourth-order valence-corrected chi connectivity index (χ4v) is 1.07. The maximum atomic E-state index is 11.1. The Morgan fingerprint density at radius 1 is 1.31 bits per heavy atom. The lowest BCUT2D eigenvalue weighted by atomic mass is 10.0. The van der Waals surface area contributed by atoms with Gasteiger partial charge < -0.3 is 10.6 Å². The first-order valence-corrected chi connectivity index (χ1v) is 5.11. The van der Waals surface area contributed by atoms with Gasteiger partial charge in [0.25, 0.3) is 0 Å². The van der Waals surface area contributed by atoms with E-state index in [4.69, 9.17) is 0 Å². The molecule has 0 saturated carbocycles. The number of hydrogen-bond acceptors (Lipinski definition) is 2. The fraction of sp³-hybridized carbons (Fsp3) is 0.900. The van der Waals surface area contributed by atoms with Crippen molar-refractivity contribution in [2.24, 2.45) is 5.92 Å². The van der Waals surface area contributed by atoms with Gasteiger partial charge in [0.2, 0.25) is 5.91 Å². The third-order valence-electron chi connectivity index (χ3n) is 2.46. The molecule has 13 heavy (non-hydrogen) atoms. The number of rotatable bonds is 6. The zero-order chi connectivity index (χ0) is 10.3. The van der Waals surface area contributed by atoms with Crippen molar-refractivity contribution in [3.05, 3.63) is 0 Å². The molecule has 78 valence electrons. The van der Waals surface area contributed by atoms with Crippen molar-refractivity contribution in [3.8, 4) is 0 Å². The Hall–Kier alpha value is -0.570. The molecular formula is C10H22N2O. The molecule has 0 rings (SSSR count). The second kappa shape index (κ2) is 6.89. The van der Waals surface area contributed by atoms with Crippen molar-refractivity contribution in [2.45, 2.75) is 40.2 Å². The number of nitrogens with one attached hydrogen (secondary N) is 2. The molecule has 0 saturated heterocycles. The lowest BCUT2D eigenvalue weighted by Crippen LogP contribution is -2.40. The van der Waals surface area contributed by atoms with Gasteiger partial charge in [0.1, 0.15) is 0 Å². The maximum Gasteiger partial charge on any atom is 0.233 e. The summed E-state index contributed by atoms with van der Waals surface area (Å²) < 4.78 is 0.